The lowest BCUT2D eigenvalue weighted by molar-refractivity contribution is 0.0725. The molecular formula is C19H25FN4O2. The summed E-state index contributed by atoms with van der Waals surface area (Å²) in [7, 11) is 0. The van der Waals surface area contributed by atoms with Crippen LogP contribution in [0, 0.1) is 12.7 Å². The van der Waals surface area contributed by atoms with Gasteiger partial charge in [0.1, 0.15) is 5.82 Å². The normalized spacial score (nSPS) is 23.2. The van der Waals surface area contributed by atoms with Gasteiger partial charge in [-0.2, -0.15) is 0 Å². The summed E-state index contributed by atoms with van der Waals surface area (Å²) in [6, 6.07) is 3.19. The van der Waals surface area contributed by atoms with Crippen molar-refractivity contribution in [3.8, 4) is 0 Å². The van der Waals surface area contributed by atoms with Gasteiger partial charge in [-0.25, -0.2) is 4.39 Å². The van der Waals surface area contributed by atoms with Crippen molar-refractivity contribution in [2.24, 2.45) is 11.5 Å². The molecule has 1 aromatic heterocycles. The predicted octanol–water partition coefficient (Wildman–Crippen LogP) is 1.14. The fourth-order valence-corrected chi connectivity index (χ4v) is 4.18. The summed E-state index contributed by atoms with van der Waals surface area (Å²) in [5.74, 6) is -0.355. The van der Waals surface area contributed by atoms with Gasteiger partial charge in [0.2, 0.25) is 0 Å². The van der Waals surface area contributed by atoms with Crippen LogP contribution in [0.3, 0.4) is 0 Å². The van der Waals surface area contributed by atoms with Gasteiger partial charge >= 0.3 is 0 Å². The molecule has 6 nitrogen and oxygen atoms in total. The Labute approximate surface area is 151 Å². The molecular weight excluding hydrogens is 335 g/mol. The number of β-amino-alcohol motifs (C(OH)–C–C–N with tert-alkyl or cyclic N) is 1. The lowest BCUT2D eigenvalue weighted by Crippen LogP contribution is -2.40. The molecule has 1 saturated heterocycles. The first-order valence-corrected chi connectivity index (χ1v) is 9.13. The number of anilines is 1. The van der Waals surface area contributed by atoms with E-state index in [9.17, 15) is 9.90 Å². The number of nitrogens with zero attached hydrogens (tertiary/aromatic N) is 2. The summed E-state index contributed by atoms with van der Waals surface area (Å²) < 4.78 is 16.9. The minimum absolute atomic E-state index is 0.0824. The molecule has 2 heterocycles. The average Bonchev–Trinajstić information content (AvgIpc) is 3.37. The van der Waals surface area contributed by atoms with E-state index in [-0.39, 0.29) is 37.1 Å². The molecule has 140 valence electrons. The standard InChI is InChI=1S/C19H25FN4O2/c1-11-17-14(12(8-21)6-16(25)24(17)13-2-3-13)7-15(20)18(11)23-5-4-19(26,9-22)10-23/h6-7,13,26H,2-5,8-10,21-22H2,1H3. The van der Waals surface area contributed by atoms with E-state index in [1.165, 1.54) is 12.1 Å². The Balaban J connectivity index is 1.96. The second-order valence-corrected chi connectivity index (χ2v) is 7.64. The molecule has 7 heteroatoms. The number of aromatic nitrogens is 1. The van der Waals surface area contributed by atoms with Crippen LogP contribution in [0.5, 0.6) is 0 Å². The van der Waals surface area contributed by atoms with Gasteiger partial charge in [0.05, 0.1) is 16.8 Å². The summed E-state index contributed by atoms with van der Waals surface area (Å²) >= 11 is 0. The van der Waals surface area contributed by atoms with E-state index in [4.69, 9.17) is 11.5 Å². The quantitative estimate of drug-likeness (QED) is 0.760. The van der Waals surface area contributed by atoms with Gasteiger partial charge in [-0.05, 0) is 43.4 Å². The van der Waals surface area contributed by atoms with Gasteiger partial charge in [0, 0.05) is 43.7 Å². The number of nitrogens with two attached hydrogens (primary N) is 2. The number of fused-ring (bicyclic) bond motifs is 1. The van der Waals surface area contributed by atoms with Gasteiger partial charge in [0.15, 0.2) is 0 Å². The highest BCUT2D eigenvalue weighted by atomic mass is 19.1. The molecule has 0 amide bonds. The van der Waals surface area contributed by atoms with Crippen LogP contribution in [-0.2, 0) is 6.54 Å². The monoisotopic (exact) mass is 360 g/mol. The number of aryl methyl sites for hydroxylation is 1. The summed E-state index contributed by atoms with van der Waals surface area (Å²) in [5, 5.41) is 11.1. The first kappa shape index (κ1) is 17.5. The fraction of sp³-hybridized carbons (Fsp3) is 0.526. The number of benzene rings is 1. The lowest BCUT2D eigenvalue weighted by Gasteiger charge is -2.26. The lowest BCUT2D eigenvalue weighted by atomic mass is 10.0. The van der Waals surface area contributed by atoms with E-state index in [1.807, 2.05) is 11.8 Å². The molecule has 0 radical (unpaired) electrons. The van der Waals surface area contributed by atoms with Crippen molar-refractivity contribution in [1.29, 1.82) is 0 Å². The molecule has 5 N–H and O–H groups in total. The molecule has 26 heavy (non-hydrogen) atoms. The molecule has 2 aromatic rings. The second-order valence-electron chi connectivity index (χ2n) is 7.64. The SMILES string of the molecule is Cc1c(N2CCC(O)(CN)C2)c(F)cc2c(CN)cc(=O)n(C3CC3)c12. The maximum Gasteiger partial charge on any atom is 0.251 e. The van der Waals surface area contributed by atoms with Gasteiger partial charge < -0.3 is 26.0 Å². The summed E-state index contributed by atoms with van der Waals surface area (Å²) in [6.45, 7) is 2.99. The van der Waals surface area contributed by atoms with Gasteiger partial charge in [-0.15, -0.1) is 0 Å². The minimum atomic E-state index is -0.997. The van der Waals surface area contributed by atoms with Crippen LogP contribution in [0.2, 0.25) is 0 Å². The zero-order valence-corrected chi connectivity index (χ0v) is 15.0. The first-order chi connectivity index (χ1) is 12.4. The Kier molecular flexibility index (Phi) is 4.06. The van der Waals surface area contributed by atoms with Crippen LogP contribution in [0.15, 0.2) is 16.9 Å². The fourth-order valence-electron chi connectivity index (χ4n) is 4.18. The molecule has 1 aliphatic heterocycles. The van der Waals surface area contributed by atoms with E-state index in [2.05, 4.69) is 0 Å². The van der Waals surface area contributed by atoms with Gasteiger partial charge in [-0.1, -0.05) is 0 Å². The van der Waals surface area contributed by atoms with Crippen molar-refractivity contribution in [1.82, 2.24) is 4.57 Å². The third kappa shape index (κ3) is 2.62. The zero-order valence-electron chi connectivity index (χ0n) is 15.0. The molecule has 2 aliphatic rings. The van der Waals surface area contributed by atoms with Crippen LogP contribution in [0.25, 0.3) is 10.9 Å². The Bertz CT molecular complexity index is 938. The molecule has 1 atom stereocenters. The highest BCUT2D eigenvalue weighted by Gasteiger charge is 2.37. The van der Waals surface area contributed by atoms with E-state index < -0.39 is 5.60 Å². The Morgan fingerprint density at radius 1 is 1.35 bits per heavy atom. The highest BCUT2D eigenvalue weighted by Crippen LogP contribution is 2.40. The molecule has 1 aromatic carbocycles. The number of pyridine rings is 1. The van der Waals surface area contributed by atoms with E-state index in [1.54, 1.807) is 4.57 Å². The maximum atomic E-state index is 15.1. The molecule has 1 unspecified atom stereocenters. The molecule has 4 rings (SSSR count). The number of hydrogen-bond donors (Lipinski definition) is 3. The van der Waals surface area contributed by atoms with E-state index >= 15 is 4.39 Å². The number of aliphatic hydroxyl groups is 1. The molecule has 0 spiro atoms. The minimum Gasteiger partial charge on any atom is -0.387 e. The smallest absolute Gasteiger partial charge is 0.251 e. The summed E-state index contributed by atoms with van der Waals surface area (Å²) in [4.78, 5) is 14.5. The third-order valence-electron chi connectivity index (χ3n) is 5.75. The predicted molar refractivity (Wildman–Crippen MR) is 99.9 cm³/mol. The second kappa shape index (κ2) is 6.04. The van der Waals surface area contributed by atoms with Crippen LogP contribution in [-0.4, -0.2) is 34.9 Å². The molecule has 0 bridgehead atoms. The Hall–Kier alpha value is -1.96. The molecule has 1 aliphatic carbocycles. The number of rotatable bonds is 4. The van der Waals surface area contributed by atoms with Crippen molar-refractivity contribution < 1.29 is 9.50 Å². The third-order valence-corrected chi connectivity index (χ3v) is 5.75. The van der Waals surface area contributed by atoms with E-state index in [0.29, 0.717) is 29.6 Å². The maximum absolute atomic E-state index is 15.1. The van der Waals surface area contributed by atoms with Crippen molar-refractivity contribution in [2.75, 3.05) is 24.5 Å². The summed E-state index contributed by atoms with van der Waals surface area (Å²) in [6.07, 6.45) is 2.41. The Morgan fingerprint density at radius 2 is 2.08 bits per heavy atom. The first-order valence-electron chi connectivity index (χ1n) is 9.13. The topological polar surface area (TPSA) is 97.5 Å². The van der Waals surface area contributed by atoms with E-state index in [0.717, 1.165) is 23.9 Å². The van der Waals surface area contributed by atoms with Crippen LogP contribution < -0.4 is 21.9 Å². The average molecular weight is 360 g/mol. The van der Waals surface area contributed by atoms with Crippen molar-refractivity contribution >= 4 is 16.6 Å². The number of hydrogen-bond acceptors (Lipinski definition) is 5. The molecule has 2 fully saturated rings. The van der Waals surface area contributed by atoms with Crippen molar-refractivity contribution in [3.05, 3.63) is 39.4 Å². The summed E-state index contributed by atoms with van der Waals surface area (Å²) in [5.41, 5.74) is 13.0. The zero-order chi connectivity index (χ0) is 18.6. The number of halogens is 1. The van der Waals surface area contributed by atoms with Crippen molar-refractivity contribution in [2.45, 2.75) is 44.4 Å². The molecule has 1 saturated carbocycles. The van der Waals surface area contributed by atoms with Crippen molar-refractivity contribution in [3.63, 3.8) is 0 Å². The van der Waals surface area contributed by atoms with Crippen LogP contribution in [0.1, 0.15) is 36.4 Å². The van der Waals surface area contributed by atoms with Crippen LogP contribution >= 0.6 is 0 Å². The van der Waals surface area contributed by atoms with Gasteiger partial charge in [0.25, 0.3) is 5.56 Å². The highest BCUT2D eigenvalue weighted by molar-refractivity contribution is 5.90. The Morgan fingerprint density at radius 3 is 2.65 bits per heavy atom. The van der Waals surface area contributed by atoms with Gasteiger partial charge in [-0.3, -0.25) is 4.79 Å². The van der Waals surface area contributed by atoms with Crippen LogP contribution in [0.4, 0.5) is 10.1 Å². The largest absolute Gasteiger partial charge is 0.387 e.